The molecule has 5 nitrogen and oxygen atoms in total. The molecule has 1 amide bonds. The quantitative estimate of drug-likeness (QED) is 0.475. The average Bonchev–Trinajstić information content (AvgIpc) is 3.12. The molecule has 5 rings (SSSR count). The Bertz CT molecular complexity index is 1270. The number of H-pyrrole nitrogens is 1. The van der Waals surface area contributed by atoms with Crippen LogP contribution < -0.4 is 10.9 Å². The molecule has 0 aliphatic heterocycles. The molecular formula is C26H20N2O3. The van der Waals surface area contributed by atoms with Gasteiger partial charge in [0, 0.05) is 17.5 Å². The minimum absolute atomic E-state index is 0.0263. The maximum atomic E-state index is 12.6. The second kappa shape index (κ2) is 7.95. The molecule has 3 aromatic carbocycles. The van der Waals surface area contributed by atoms with E-state index in [1.807, 2.05) is 54.6 Å². The number of benzene rings is 3. The molecule has 1 aliphatic carbocycles. The number of anilines is 1. The van der Waals surface area contributed by atoms with Gasteiger partial charge in [-0.1, -0.05) is 78.9 Å². The van der Waals surface area contributed by atoms with E-state index in [1.165, 1.54) is 17.2 Å². The molecule has 0 saturated heterocycles. The molecule has 0 fully saturated rings. The summed E-state index contributed by atoms with van der Waals surface area (Å²) in [4.78, 5) is 27.2. The predicted molar refractivity (Wildman–Crippen MR) is 121 cm³/mol. The van der Waals surface area contributed by atoms with E-state index in [0.717, 1.165) is 16.7 Å². The van der Waals surface area contributed by atoms with Crippen molar-refractivity contribution in [3.05, 3.63) is 112 Å². The van der Waals surface area contributed by atoms with Gasteiger partial charge in [0.1, 0.15) is 12.4 Å². The van der Waals surface area contributed by atoms with E-state index in [-0.39, 0.29) is 18.1 Å². The third kappa shape index (κ3) is 3.62. The molecule has 0 atom stereocenters. The summed E-state index contributed by atoms with van der Waals surface area (Å²) in [6.45, 7) is 0.206. The molecule has 0 spiro atoms. The van der Waals surface area contributed by atoms with Crippen molar-refractivity contribution in [2.45, 2.75) is 5.92 Å². The molecule has 1 aliphatic rings. The second-order valence-electron chi connectivity index (χ2n) is 7.43. The Kier molecular flexibility index (Phi) is 4.84. The van der Waals surface area contributed by atoms with Crippen LogP contribution >= 0.6 is 0 Å². The third-order valence-electron chi connectivity index (χ3n) is 5.57. The zero-order valence-electron chi connectivity index (χ0n) is 16.7. The first-order valence-corrected chi connectivity index (χ1v) is 10.1. The number of hydrogen-bond donors (Lipinski definition) is 2. The van der Waals surface area contributed by atoms with E-state index in [1.54, 1.807) is 6.07 Å². The highest BCUT2D eigenvalue weighted by Crippen LogP contribution is 2.44. The summed E-state index contributed by atoms with van der Waals surface area (Å²) in [6, 6.07) is 29.0. The molecule has 0 unspecified atom stereocenters. The number of amides is 1. The van der Waals surface area contributed by atoms with Gasteiger partial charge in [-0.25, -0.2) is 4.79 Å². The lowest BCUT2D eigenvalue weighted by Crippen LogP contribution is -2.20. The summed E-state index contributed by atoms with van der Waals surface area (Å²) >= 11 is 0. The summed E-state index contributed by atoms with van der Waals surface area (Å²) in [5.74, 6) is 0.289. The van der Waals surface area contributed by atoms with Gasteiger partial charge in [-0.15, -0.1) is 0 Å². The summed E-state index contributed by atoms with van der Waals surface area (Å²) in [7, 11) is 0. The number of fused-ring (bicyclic) bond motifs is 3. The lowest BCUT2D eigenvalue weighted by molar-refractivity contribution is 0.158. The van der Waals surface area contributed by atoms with Crippen molar-refractivity contribution in [2.24, 2.45) is 0 Å². The van der Waals surface area contributed by atoms with Crippen LogP contribution in [-0.4, -0.2) is 17.7 Å². The molecule has 0 saturated carbocycles. The van der Waals surface area contributed by atoms with Gasteiger partial charge in [0.15, 0.2) is 0 Å². The summed E-state index contributed by atoms with van der Waals surface area (Å²) in [6.07, 6.45) is -0.610. The van der Waals surface area contributed by atoms with Gasteiger partial charge in [-0.3, -0.25) is 10.1 Å². The topological polar surface area (TPSA) is 71.2 Å². The van der Waals surface area contributed by atoms with Crippen LogP contribution in [0.4, 0.5) is 10.6 Å². The maximum absolute atomic E-state index is 12.6. The van der Waals surface area contributed by atoms with Crippen LogP contribution in [0.5, 0.6) is 0 Å². The average molecular weight is 408 g/mol. The van der Waals surface area contributed by atoms with E-state index in [9.17, 15) is 9.59 Å². The fourth-order valence-electron chi connectivity index (χ4n) is 4.17. The Morgan fingerprint density at radius 2 is 1.39 bits per heavy atom. The number of carbonyl (C=O) groups excluding carboxylic acids is 1. The van der Waals surface area contributed by atoms with Gasteiger partial charge in [0.2, 0.25) is 5.56 Å². The number of aromatic nitrogens is 1. The van der Waals surface area contributed by atoms with Gasteiger partial charge >= 0.3 is 6.09 Å². The minimum Gasteiger partial charge on any atom is -0.448 e. The Hall–Kier alpha value is -4.12. The SMILES string of the molecule is O=C(Nc1[nH]c(=O)ccc1-c1ccccc1)OCC1c2ccccc2-c2ccccc21. The molecule has 1 heterocycles. The lowest BCUT2D eigenvalue weighted by Gasteiger charge is -2.15. The van der Waals surface area contributed by atoms with Gasteiger partial charge in [-0.2, -0.15) is 0 Å². The molecular weight excluding hydrogens is 388 g/mol. The summed E-state index contributed by atoms with van der Waals surface area (Å²) in [5.41, 5.74) is 5.94. The Morgan fingerprint density at radius 1 is 0.774 bits per heavy atom. The van der Waals surface area contributed by atoms with Crippen molar-refractivity contribution in [3.8, 4) is 22.3 Å². The number of aromatic amines is 1. The molecule has 2 N–H and O–H groups in total. The predicted octanol–water partition coefficient (Wildman–Crippen LogP) is 5.40. The molecule has 4 aromatic rings. The van der Waals surface area contributed by atoms with Crippen LogP contribution in [0.15, 0.2) is 95.8 Å². The Balaban J connectivity index is 1.36. The summed E-state index contributed by atoms with van der Waals surface area (Å²) in [5, 5.41) is 2.71. The first-order valence-electron chi connectivity index (χ1n) is 10.1. The van der Waals surface area contributed by atoms with Crippen molar-refractivity contribution < 1.29 is 9.53 Å². The van der Waals surface area contributed by atoms with E-state index >= 15 is 0 Å². The first kappa shape index (κ1) is 18.9. The lowest BCUT2D eigenvalue weighted by atomic mass is 9.98. The van der Waals surface area contributed by atoms with Crippen molar-refractivity contribution in [1.82, 2.24) is 4.98 Å². The van der Waals surface area contributed by atoms with Crippen LogP contribution in [-0.2, 0) is 4.74 Å². The Morgan fingerprint density at radius 3 is 2.06 bits per heavy atom. The molecule has 0 bridgehead atoms. The minimum atomic E-state index is -0.610. The van der Waals surface area contributed by atoms with E-state index < -0.39 is 6.09 Å². The highest BCUT2D eigenvalue weighted by Gasteiger charge is 2.29. The zero-order chi connectivity index (χ0) is 21.2. The molecule has 31 heavy (non-hydrogen) atoms. The standard InChI is InChI=1S/C26H20N2O3/c29-24-15-14-18(17-8-2-1-3-9-17)25(27-24)28-26(30)31-16-23-21-12-6-4-10-19(21)20-11-5-7-13-22(20)23/h1-15,23H,16H2,(H2,27,28,29,30). The van der Waals surface area contributed by atoms with E-state index in [2.05, 4.69) is 34.6 Å². The van der Waals surface area contributed by atoms with Gasteiger partial charge in [0.25, 0.3) is 0 Å². The molecule has 1 aromatic heterocycles. The van der Waals surface area contributed by atoms with Crippen molar-refractivity contribution in [1.29, 1.82) is 0 Å². The molecule has 152 valence electrons. The van der Waals surface area contributed by atoms with Crippen molar-refractivity contribution in [3.63, 3.8) is 0 Å². The number of nitrogens with one attached hydrogen (secondary N) is 2. The maximum Gasteiger partial charge on any atom is 0.412 e. The normalized spacial score (nSPS) is 12.1. The highest BCUT2D eigenvalue weighted by atomic mass is 16.5. The van der Waals surface area contributed by atoms with E-state index in [0.29, 0.717) is 11.4 Å². The summed E-state index contributed by atoms with van der Waals surface area (Å²) < 4.78 is 5.60. The van der Waals surface area contributed by atoms with Gasteiger partial charge in [0.05, 0.1) is 0 Å². The van der Waals surface area contributed by atoms with Crippen LogP contribution in [0.1, 0.15) is 17.0 Å². The second-order valence-corrected chi connectivity index (χ2v) is 7.43. The fraction of sp³-hybridized carbons (Fsp3) is 0.0769. The largest absolute Gasteiger partial charge is 0.448 e. The van der Waals surface area contributed by atoms with Gasteiger partial charge in [-0.05, 0) is 33.9 Å². The van der Waals surface area contributed by atoms with E-state index in [4.69, 9.17) is 4.74 Å². The van der Waals surface area contributed by atoms with Crippen LogP contribution in [0.3, 0.4) is 0 Å². The van der Waals surface area contributed by atoms with Crippen LogP contribution in [0.2, 0.25) is 0 Å². The number of ether oxygens (including phenoxy) is 1. The number of rotatable bonds is 4. The fourth-order valence-corrected chi connectivity index (χ4v) is 4.17. The molecule has 0 radical (unpaired) electrons. The van der Waals surface area contributed by atoms with Crippen LogP contribution in [0, 0.1) is 0 Å². The van der Waals surface area contributed by atoms with Gasteiger partial charge < -0.3 is 9.72 Å². The third-order valence-corrected chi connectivity index (χ3v) is 5.57. The first-order chi connectivity index (χ1) is 15.2. The van der Waals surface area contributed by atoms with Crippen molar-refractivity contribution in [2.75, 3.05) is 11.9 Å². The monoisotopic (exact) mass is 408 g/mol. The number of pyridine rings is 1. The zero-order valence-corrected chi connectivity index (χ0v) is 16.7. The highest BCUT2D eigenvalue weighted by molar-refractivity contribution is 5.89. The van der Waals surface area contributed by atoms with Crippen molar-refractivity contribution >= 4 is 11.9 Å². The number of carbonyl (C=O) groups is 1. The smallest absolute Gasteiger partial charge is 0.412 e. The number of hydrogen-bond acceptors (Lipinski definition) is 3. The van der Waals surface area contributed by atoms with Crippen LogP contribution in [0.25, 0.3) is 22.3 Å². The molecule has 5 heteroatoms. The Labute approximate surface area is 179 Å².